The van der Waals surface area contributed by atoms with Crippen LogP contribution in [-0.4, -0.2) is 39.8 Å². The van der Waals surface area contributed by atoms with E-state index in [1.807, 2.05) is 0 Å². The van der Waals surface area contributed by atoms with Crippen molar-refractivity contribution >= 4 is 5.91 Å². The summed E-state index contributed by atoms with van der Waals surface area (Å²) in [6.45, 7) is 4.79. The Balaban J connectivity index is 1.59. The number of aromatic nitrogens is 3. The van der Waals surface area contributed by atoms with Crippen molar-refractivity contribution in [2.24, 2.45) is 5.92 Å². The Kier molecular flexibility index (Phi) is 5.32. The third-order valence-electron chi connectivity index (χ3n) is 3.71. The van der Waals surface area contributed by atoms with Crippen LogP contribution >= 0.6 is 0 Å². The molecular weight excluding hydrogens is 242 g/mol. The van der Waals surface area contributed by atoms with Gasteiger partial charge in [-0.3, -0.25) is 9.48 Å². The van der Waals surface area contributed by atoms with E-state index >= 15 is 0 Å². The van der Waals surface area contributed by atoms with Gasteiger partial charge in [-0.25, -0.2) is 4.98 Å². The molecule has 0 radical (unpaired) electrons. The Morgan fingerprint density at radius 2 is 2.47 bits per heavy atom. The summed E-state index contributed by atoms with van der Waals surface area (Å²) in [5, 5.41) is 10.5. The zero-order chi connectivity index (χ0) is 13.5. The summed E-state index contributed by atoms with van der Waals surface area (Å²) in [4.78, 5) is 15.6. The molecule has 1 aliphatic rings. The fraction of sp³-hybridized carbons (Fsp3) is 0.769. The molecule has 6 nitrogen and oxygen atoms in total. The Labute approximate surface area is 114 Å². The first-order chi connectivity index (χ1) is 9.25. The smallest absolute Gasteiger partial charge is 0.220 e. The van der Waals surface area contributed by atoms with E-state index < -0.39 is 0 Å². The van der Waals surface area contributed by atoms with E-state index in [1.54, 1.807) is 11.0 Å². The van der Waals surface area contributed by atoms with Gasteiger partial charge in [-0.1, -0.05) is 6.92 Å². The summed E-state index contributed by atoms with van der Waals surface area (Å²) in [5.41, 5.74) is 0. The minimum Gasteiger partial charge on any atom is -0.355 e. The molecule has 2 rings (SSSR count). The van der Waals surface area contributed by atoms with Gasteiger partial charge in [0.25, 0.3) is 0 Å². The minimum absolute atomic E-state index is 0.125. The molecule has 0 spiro atoms. The fourth-order valence-corrected chi connectivity index (χ4v) is 2.45. The molecule has 0 aromatic carbocycles. The zero-order valence-electron chi connectivity index (χ0n) is 11.5. The van der Waals surface area contributed by atoms with Gasteiger partial charge >= 0.3 is 0 Å². The topological polar surface area (TPSA) is 71.8 Å². The summed E-state index contributed by atoms with van der Waals surface area (Å²) in [7, 11) is 0. The van der Waals surface area contributed by atoms with Crippen LogP contribution in [0, 0.1) is 5.92 Å². The average Bonchev–Trinajstić information content (AvgIpc) is 2.91. The van der Waals surface area contributed by atoms with Crippen molar-refractivity contribution in [2.45, 2.75) is 45.2 Å². The van der Waals surface area contributed by atoms with Gasteiger partial charge in [0.05, 0.1) is 0 Å². The van der Waals surface area contributed by atoms with E-state index in [2.05, 4.69) is 27.6 Å². The first-order valence-corrected chi connectivity index (χ1v) is 7.08. The summed E-state index contributed by atoms with van der Waals surface area (Å²) in [6.07, 6.45) is 7.01. The van der Waals surface area contributed by atoms with Crippen molar-refractivity contribution < 1.29 is 4.79 Å². The van der Waals surface area contributed by atoms with Crippen molar-refractivity contribution in [1.82, 2.24) is 25.4 Å². The Morgan fingerprint density at radius 3 is 3.21 bits per heavy atom. The van der Waals surface area contributed by atoms with Crippen LogP contribution in [0.25, 0.3) is 0 Å². The lowest BCUT2D eigenvalue weighted by atomic mass is 9.93. The quantitative estimate of drug-likeness (QED) is 0.788. The van der Waals surface area contributed by atoms with Crippen LogP contribution < -0.4 is 10.6 Å². The molecular formula is C13H23N5O. The monoisotopic (exact) mass is 265 g/mol. The molecule has 106 valence electrons. The molecule has 1 aromatic rings. The molecule has 6 heteroatoms. The normalized spacial score (nSPS) is 23.2. The lowest BCUT2D eigenvalue weighted by Crippen LogP contribution is -2.47. The van der Waals surface area contributed by atoms with E-state index in [4.69, 9.17) is 0 Å². The maximum Gasteiger partial charge on any atom is 0.220 e. The fourth-order valence-electron chi connectivity index (χ4n) is 2.45. The number of hydrogen-bond donors (Lipinski definition) is 2. The van der Waals surface area contributed by atoms with Gasteiger partial charge in [-0.15, -0.1) is 0 Å². The number of rotatable bonds is 6. The predicted molar refractivity (Wildman–Crippen MR) is 72.5 cm³/mol. The number of nitrogens with zero attached hydrogens (tertiary/aromatic N) is 3. The lowest BCUT2D eigenvalue weighted by Gasteiger charge is -2.30. The van der Waals surface area contributed by atoms with Crippen molar-refractivity contribution in [3.63, 3.8) is 0 Å². The SMILES string of the molecule is CC1CCCNC1CNC(=O)CCCn1cncn1. The van der Waals surface area contributed by atoms with Gasteiger partial charge in [-0.2, -0.15) is 5.10 Å². The van der Waals surface area contributed by atoms with Crippen molar-refractivity contribution in [3.8, 4) is 0 Å². The molecule has 1 amide bonds. The zero-order valence-corrected chi connectivity index (χ0v) is 11.5. The molecule has 2 unspecified atom stereocenters. The van der Waals surface area contributed by atoms with Gasteiger partial charge in [0, 0.05) is 25.6 Å². The number of aryl methyl sites for hydroxylation is 1. The van der Waals surface area contributed by atoms with Crippen molar-refractivity contribution in [1.29, 1.82) is 0 Å². The summed E-state index contributed by atoms with van der Waals surface area (Å²) in [6, 6.07) is 0.424. The second-order valence-corrected chi connectivity index (χ2v) is 5.25. The number of carbonyl (C=O) groups is 1. The molecule has 2 N–H and O–H groups in total. The van der Waals surface area contributed by atoms with Crippen molar-refractivity contribution in [2.75, 3.05) is 13.1 Å². The highest BCUT2D eigenvalue weighted by molar-refractivity contribution is 5.75. The van der Waals surface area contributed by atoms with Crippen LogP contribution in [0.3, 0.4) is 0 Å². The maximum absolute atomic E-state index is 11.7. The molecule has 1 aromatic heterocycles. The predicted octanol–water partition coefficient (Wildman–Crippen LogP) is 0.563. The lowest BCUT2D eigenvalue weighted by molar-refractivity contribution is -0.121. The standard InChI is InChI=1S/C13H23N5O/c1-11-4-2-6-15-12(11)8-16-13(19)5-3-7-18-10-14-9-17-18/h9-12,15H,2-8H2,1H3,(H,16,19). The summed E-state index contributed by atoms with van der Waals surface area (Å²) >= 11 is 0. The number of amides is 1. The first kappa shape index (κ1) is 14.0. The van der Waals surface area contributed by atoms with Crippen LogP contribution in [-0.2, 0) is 11.3 Å². The van der Waals surface area contributed by atoms with E-state index in [0.717, 1.165) is 26.1 Å². The van der Waals surface area contributed by atoms with Crippen LogP contribution in [0.2, 0.25) is 0 Å². The van der Waals surface area contributed by atoms with E-state index in [9.17, 15) is 4.79 Å². The van der Waals surface area contributed by atoms with Crippen LogP contribution in [0.4, 0.5) is 0 Å². The molecule has 0 aliphatic carbocycles. The molecule has 2 heterocycles. The van der Waals surface area contributed by atoms with Gasteiger partial charge < -0.3 is 10.6 Å². The second kappa shape index (κ2) is 7.23. The Morgan fingerprint density at radius 1 is 1.58 bits per heavy atom. The minimum atomic E-state index is 0.125. The van der Waals surface area contributed by atoms with E-state index in [-0.39, 0.29) is 5.91 Å². The molecule has 2 atom stereocenters. The highest BCUT2D eigenvalue weighted by Gasteiger charge is 2.20. The van der Waals surface area contributed by atoms with Gasteiger partial charge in [0.2, 0.25) is 5.91 Å². The number of nitrogens with one attached hydrogen (secondary N) is 2. The van der Waals surface area contributed by atoms with E-state index in [1.165, 1.54) is 19.2 Å². The van der Waals surface area contributed by atoms with Gasteiger partial charge in [0.15, 0.2) is 0 Å². The first-order valence-electron chi connectivity index (χ1n) is 7.08. The Bertz CT molecular complexity index is 378. The molecule has 1 saturated heterocycles. The molecule has 1 aliphatic heterocycles. The Hall–Kier alpha value is -1.43. The highest BCUT2D eigenvalue weighted by atomic mass is 16.1. The number of carbonyl (C=O) groups excluding carboxylic acids is 1. The van der Waals surface area contributed by atoms with Crippen LogP contribution in [0.5, 0.6) is 0 Å². The van der Waals surface area contributed by atoms with E-state index in [0.29, 0.717) is 18.4 Å². The maximum atomic E-state index is 11.7. The number of piperidine rings is 1. The molecule has 0 saturated carbocycles. The molecule has 0 bridgehead atoms. The average molecular weight is 265 g/mol. The van der Waals surface area contributed by atoms with Crippen molar-refractivity contribution in [3.05, 3.63) is 12.7 Å². The third kappa shape index (κ3) is 4.63. The van der Waals surface area contributed by atoms with Gasteiger partial charge in [-0.05, 0) is 31.7 Å². The molecule has 1 fully saturated rings. The van der Waals surface area contributed by atoms with Gasteiger partial charge in [0.1, 0.15) is 12.7 Å². The van der Waals surface area contributed by atoms with Crippen LogP contribution in [0.1, 0.15) is 32.6 Å². The number of hydrogen-bond acceptors (Lipinski definition) is 4. The van der Waals surface area contributed by atoms with Crippen LogP contribution in [0.15, 0.2) is 12.7 Å². The summed E-state index contributed by atoms with van der Waals surface area (Å²) in [5.74, 6) is 0.767. The second-order valence-electron chi connectivity index (χ2n) is 5.25. The summed E-state index contributed by atoms with van der Waals surface area (Å²) < 4.78 is 1.75. The largest absolute Gasteiger partial charge is 0.355 e. The molecule has 19 heavy (non-hydrogen) atoms. The third-order valence-corrected chi connectivity index (χ3v) is 3.71. The highest BCUT2D eigenvalue weighted by Crippen LogP contribution is 2.14.